The van der Waals surface area contributed by atoms with E-state index in [1.807, 2.05) is 6.08 Å². The van der Waals surface area contributed by atoms with Gasteiger partial charge in [-0.1, -0.05) is 278 Å². The third-order valence-corrected chi connectivity index (χ3v) is 17.0. The average molecular weight is 1250 g/mol. The first-order chi connectivity index (χ1) is 43.6. The molecule has 2 heterocycles. The number of carbonyl (C=O) groups excluding carboxylic acids is 1. The highest BCUT2D eigenvalue weighted by Crippen LogP contribution is 2.30. The molecule has 2 aliphatic rings. The Labute approximate surface area is 541 Å². The van der Waals surface area contributed by atoms with E-state index >= 15 is 0 Å². The SMILES string of the molecule is CC/C=C\C/C=C\C/C=C\C/C=C\C/C=C\CCCCCCCCCCCCCCCCCCCCCCCC(=O)NC(COC1OC(CO)C(OC2OC(CO)C(O)C(O)C2O)C(O)C1O)C(O)/C=C/CC/C=C/CC/C=C/CCCCCCCCCC. The van der Waals surface area contributed by atoms with Crippen LogP contribution in [0.25, 0.3) is 0 Å². The number of rotatable bonds is 58. The van der Waals surface area contributed by atoms with E-state index < -0.39 is 86.8 Å². The number of nitrogens with one attached hydrogen (secondary N) is 1. The monoisotopic (exact) mass is 1250 g/mol. The topological polar surface area (TPSA) is 228 Å². The van der Waals surface area contributed by atoms with Crippen molar-refractivity contribution in [2.24, 2.45) is 0 Å². The Morgan fingerprint density at radius 1 is 0.416 bits per heavy atom. The van der Waals surface area contributed by atoms with Crippen molar-refractivity contribution in [1.29, 1.82) is 0 Å². The van der Waals surface area contributed by atoms with Gasteiger partial charge in [0.1, 0.15) is 48.8 Å². The molecule has 14 nitrogen and oxygen atoms in total. The molecular weight excluding hydrogens is 1120 g/mol. The molecule has 514 valence electrons. The second-order valence-corrected chi connectivity index (χ2v) is 25.0. The van der Waals surface area contributed by atoms with Crippen LogP contribution in [0.3, 0.4) is 0 Å². The Hall–Kier alpha value is -3.09. The van der Waals surface area contributed by atoms with E-state index in [9.17, 15) is 45.6 Å². The standard InChI is InChI=1S/C75H131NO13/c1-3-5-7-9-11-13-15-17-19-21-23-24-25-26-27-28-29-30-31-32-33-34-35-36-37-38-39-40-41-43-45-47-49-51-53-55-57-59-67(80)76-63(64(79)58-56-54-52-50-48-46-44-42-22-20-18-16-14-12-10-8-6-4-2)62-86-74-72(85)70(83)73(66(61-78)88-74)89-75-71(84)69(82)68(81)65(60-77)87-75/h5,7,11,13,17,19,22-24,26-27,42,48,50,56,58,63-66,68-75,77-79,81-85H,3-4,6,8-10,12,14-16,18,20-21,25,28-41,43-47,49,51-55,57,59-62H2,1-2H3,(H,76,80)/b7-5-,13-11-,19-17-,24-23-,27-26-,42-22+,50-48+,58-56+. The molecule has 2 rings (SSSR count). The van der Waals surface area contributed by atoms with Crippen LogP contribution in [0.2, 0.25) is 0 Å². The number of aliphatic hydroxyl groups is 8. The molecule has 0 bridgehead atoms. The number of unbranched alkanes of at least 4 members (excludes halogenated alkanes) is 31. The highest BCUT2D eigenvalue weighted by Gasteiger charge is 2.51. The Balaban J connectivity index is 1.62. The fraction of sp³-hybridized carbons (Fsp3) is 0.773. The van der Waals surface area contributed by atoms with Crippen molar-refractivity contribution in [3.8, 4) is 0 Å². The van der Waals surface area contributed by atoms with Gasteiger partial charge in [-0.15, -0.1) is 0 Å². The van der Waals surface area contributed by atoms with Gasteiger partial charge in [-0.05, 0) is 89.9 Å². The molecule has 0 aromatic heterocycles. The van der Waals surface area contributed by atoms with E-state index in [2.05, 4.69) is 104 Å². The van der Waals surface area contributed by atoms with Crippen LogP contribution in [0, 0.1) is 0 Å². The van der Waals surface area contributed by atoms with Crippen LogP contribution in [0.15, 0.2) is 97.2 Å². The maximum absolute atomic E-state index is 13.3. The summed E-state index contributed by atoms with van der Waals surface area (Å²) in [4.78, 5) is 13.3. The number of amides is 1. The lowest BCUT2D eigenvalue weighted by Crippen LogP contribution is -2.65. The highest BCUT2D eigenvalue weighted by molar-refractivity contribution is 5.76. The van der Waals surface area contributed by atoms with Gasteiger partial charge >= 0.3 is 0 Å². The van der Waals surface area contributed by atoms with Crippen molar-refractivity contribution in [2.45, 2.75) is 351 Å². The molecule has 14 heteroatoms. The van der Waals surface area contributed by atoms with Gasteiger partial charge in [-0.3, -0.25) is 4.79 Å². The second-order valence-electron chi connectivity index (χ2n) is 25.0. The number of hydrogen-bond donors (Lipinski definition) is 9. The maximum atomic E-state index is 13.3. The lowest BCUT2D eigenvalue weighted by atomic mass is 9.97. The molecule has 12 atom stereocenters. The van der Waals surface area contributed by atoms with Gasteiger partial charge in [0.25, 0.3) is 0 Å². The smallest absolute Gasteiger partial charge is 0.220 e. The number of hydrogen-bond acceptors (Lipinski definition) is 13. The minimum Gasteiger partial charge on any atom is -0.394 e. The summed E-state index contributed by atoms with van der Waals surface area (Å²) in [5.41, 5.74) is 0. The molecule has 0 saturated carbocycles. The van der Waals surface area contributed by atoms with Gasteiger partial charge in [-0.25, -0.2) is 0 Å². The van der Waals surface area contributed by atoms with Crippen LogP contribution >= 0.6 is 0 Å². The summed E-state index contributed by atoms with van der Waals surface area (Å²) < 4.78 is 22.8. The molecule has 1 amide bonds. The number of ether oxygens (including phenoxy) is 4. The summed E-state index contributed by atoms with van der Waals surface area (Å²) in [6, 6.07) is -0.941. The van der Waals surface area contributed by atoms with Crippen molar-refractivity contribution in [3.05, 3.63) is 97.2 Å². The lowest BCUT2D eigenvalue weighted by molar-refractivity contribution is -0.359. The highest BCUT2D eigenvalue weighted by atomic mass is 16.7. The van der Waals surface area contributed by atoms with E-state index in [4.69, 9.17) is 18.9 Å². The largest absolute Gasteiger partial charge is 0.394 e. The zero-order valence-electron chi connectivity index (χ0n) is 55.9. The molecule has 0 radical (unpaired) electrons. The van der Waals surface area contributed by atoms with Crippen molar-refractivity contribution in [1.82, 2.24) is 5.32 Å². The predicted octanol–water partition coefficient (Wildman–Crippen LogP) is 15.0. The van der Waals surface area contributed by atoms with Crippen LogP contribution < -0.4 is 5.32 Å². The first-order valence-corrected chi connectivity index (χ1v) is 36.0. The quantitative estimate of drug-likeness (QED) is 0.0204. The van der Waals surface area contributed by atoms with Gasteiger partial charge in [0, 0.05) is 6.42 Å². The van der Waals surface area contributed by atoms with Crippen LogP contribution in [-0.4, -0.2) is 140 Å². The molecular formula is C75H131NO13. The minimum absolute atomic E-state index is 0.252. The fourth-order valence-electron chi connectivity index (χ4n) is 11.3. The third-order valence-electron chi connectivity index (χ3n) is 17.0. The molecule has 0 aromatic carbocycles. The van der Waals surface area contributed by atoms with Gasteiger partial charge < -0.3 is 65.1 Å². The zero-order chi connectivity index (χ0) is 64.5. The van der Waals surface area contributed by atoms with Crippen LogP contribution in [-0.2, 0) is 23.7 Å². The fourth-order valence-corrected chi connectivity index (χ4v) is 11.3. The molecule has 2 fully saturated rings. The van der Waals surface area contributed by atoms with Gasteiger partial charge in [-0.2, -0.15) is 0 Å². The normalized spacial score (nSPS) is 23.6. The number of carbonyl (C=O) groups is 1. The van der Waals surface area contributed by atoms with Crippen LogP contribution in [0.5, 0.6) is 0 Å². The molecule has 0 spiro atoms. The Bertz CT molecular complexity index is 1860. The van der Waals surface area contributed by atoms with E-state index in [0.29, 0.717) is 12.8 Å². The average Bonchev–Trinajstić information content (AvgIpc) is 1.44. The number of aliphatic hydroxyl groups excluding tert-OH is 8. The van der Waals surface area contributed by atoms with Crippen molar-refractivity contribution in [2.75, 3.05) is 19.8 Å². The van der Waals surface area contributed by atoms with Gasteiger partial charge in [0.15, 0.2) is 12.6 Å². The predicted molar refractivity (Wildman–Crippen MR) is 364 cm³/mol. The first kappa shape index (κ1) is 82.0. The second kappa shape index (κ2) is 58.7. The van der Waals surface area contributed by atoms with E-state index in [1.54, 1.807) is 6.08 Å². The Morgan fingerprint density at radius 3 is 1.24 bits per heavy atom. The summed E-state index contributed by atoms with van der Waals surface area (Å²) in [6.45, 7) is 2.67. The molecule has 9 N–H and O–H groups in total. The van der Waals surface area contributed by atoms with Crippen molar-refractivity contribution < 1.29 is 64.6 Å². The molecule has 2 aliphatic heterocycles. The van der Waals surface area contributed by atoms with E-state index in [1.165, 1.54) is 167 Å². The summed E-state index contributed by atoms with van der Waals surface area (Å²) in [5, 5.41) is 87.3. The summed E-state index contributed by atoms with van der Waals surface area (Å²) in [6.07, 6.45) is 66.2. The van der Waals surface area contributed by atoms with Gasteiger partial charge in [0.2, 0.25) is 5.91 Å². The summed E-state index contributed by atoms with van der Waals surface area (Å²) in [7, 11) is 0. The van der Waals surface area contributed by atoms with Crippen LogP contribution in [0.4, 0.5) is 0 Å². The Morgan fingerprint density at radius 2 is 0.787 bits per heavy atom. The Kier molecular flexibility index (Phi) is 54.1. The molecule has 0 aromatic rings. The summed E-state index contributed by atoms with van der Waals surface area (Å²) in [5.74, 6) is -0.252. The van der Waals surface area contributed by atoms with Crippen LogP contribution in [0.1, 0.15) is 277 Å². The van der Waals surface area contributed by atoms with E-state index in [0.717, 1.165) is 77.0 Å². The molecule has 2 saturated heterocycles. The lowest BCUT2D eigenvalue weighted by Gasteiger charge is -2.46. The van der Waals surface area contributed by atoms with Crippen molar-refractivity contribution >= 4 is 5.91 Å². The third kappa shape index (κ3) is 42.7. The molecule has 89 heavy (non-hydrogen) atoms. The maximum Gasteiger partial charge on any atom is 0.220 e. The van der Waals surface area contributed by atoms with Gasteiger partial charge in [0.05, 0.1) is 32.0 Å². The summed E-state index contributed by atoms with van der Waals surface area (Å²) >= 11 is 0. The van der Waals surface area contributed by atoms with E-state index in [-0.39, 0.29) is 18.9 Å². The zero-order valence-corrected chi connectivity index (χ0v) is 55.9. The molecule has 12 unspecified atom stereocenters. The molecule has 0 aliphatic carbocycles. The van der Waals surface area contributed by atoms with Crippen molar-refractivity contribution in [3.63, 3.8) is 0 Å². The minimum atomic E-state index is -1.80. The first-order valence-electron chi connectivity index (χ1n) is 36.0. The number of allylic oxidation sites excluding steroid dienone is 15.